The molecule has 2 fully saturated rings. The van der Waals surface area contributed by atoms with Gasteiger partial charge in [-0.2, -0.15) is 4.31 Å². The fraction of sp³-hybridized carbons (Fsp3) is 1.00. The lowest BCUT2D eigenvalue weighted by molar-refractivity contribution is 0.238. The van der Waals surface area contributed by atoms with Gasteiger partial charge in [0.25, 0.3) is 0 Å². The average molecular weight is 324 g/mol. The molecule has 20 heavy (non-hydrogen) atoms. The predicted molar refractivity (Wildman–Crippen MR) is 78.9 cm³/mol. The Kier molecular flexibility index (Phi) is 5.09. The zero-order valence-corrected chi connectivity index (χ0v) is 13.5. The maximum absolute atomic E-state index is 12.7. The van der Waals surface area contributed by atoms with Crippen LogP contribution in [0.1, 0.15) is 32.1 Å². The van der Waals surface area contributed by atoms with Crippen molar-refractivity contribution in [3.05, 3.63) is 0 Å². The summed E-state index contributed by atoms with van der Waals surface area (Å²) in [4.78, 5) is 0. The number of nitrogens with zero attached hydrogens (tertiary/aromatic N) is 1. The van der Waals surface area contributed by atoms with E-state index in [0.29, 0.717) is 6.54 Å². The minimum Gasteiger partial charge on any atom is -0.320 e. The number of rotatable bonds is 5. The molecule has 0 aliphatic carbocycles. The molecule has 2 saturated heterocycles. The fourth-order valence-corrected chi connectivity index (χ4v) is 7.91. The second kappa shape index (κ2) is 6.29. The number of sulfone groups is 1. The molecule has 2 aliphatic heterocycles. The quantitative estimate of drug-likeness (QED) is 0.768. The zero-order valence-electron chi connectivity index (χ0n) is 11.9. The standard InChI is InChI=1S/C12H24N2O4S2/c1-13-7-5-11-4-2-3-8-14(11)20(17,18)12-6-9-19(15,16)10-12/h11-13H,2-10H2,1H3. The van der Waals surface area contributed by atoms with E-state index >= 15 is 0 Å². The molecule has 2 aliphatic rings. The molecule has 0 aromatic rings. The van der Waals surface area contributed by atoms with Gasteiger partial charge in [0.05, 0.1) is 16.8 Å². The number of piperidine rings is 1. The lowest BCUT2D eigenvalue weighted by Gasteiger charge is -2.36. The highest BCUT2D eigenvalue weighted by molar-refractivity contribution is 7.95. The van der Waals surface area contributed by atoms with Crippen LogP contribution in [0.15, 0.2) is 0 Å². The molecule has 1 N–H and O–H groups in total. The topological polar surface area (TPSA) is 83.6 Å². The second-order valence-corrected chi connectivity index (χ2v) is 10.1. The molecule has 0 amide bonds. The van der Waals surface area contributed by atoms with Gasteiger partial charge in [0.2, 0.25) is 10.0 Å². The number of sulfonamides is 1. The minimum atomic E-state index is -3.49. The van der Waals surface area contributed by atoms with Gasteiger partial charge >= 0.3 is 0 Å². The lowest BCUT2D eigenvalue weighted by Crippen LogP contribution is -2.48. The van der Waals surface area contributed by atoms with Crippen LogP contribution in [0.2, 0.25) is 0 Å². The number of hydrogen-bond donors (Lipinski definition) is 1. The molecule has 0 radical (unpaired) electrons. The highest BCUT2D eigenvalue weighted by Crippen LogP contribution is 2.29. The van der Waals surface area contributed by atoms with E-state index in [2.05, 4.69) is 5.32 Å². The molecular weight excluding hydrogens is 300 g/mol. The van der Waals surface area contributed by atoms with E-state index in [0.717, 1.165) is 32.2 Å². The van der Waals surface area contributed by atoms with Gasteiger partial charge in [-0.3, -0.25) is 0 Å². The van der Waals surface area contributed by atoms with Crippen LogP contribution in [0.3, 0.4) is 0 Å². The maximum atomic E-state index is 12.7. The summed E-state index contributed by atoms with van der Waals surface area (Å²) in [5.41, 5.74) is 0. The molecule has 8 heteroatoms. The summed E-state index contributed by atoms with van der Waals surface area (Å²) in [7, 11) is -4.80. The lowest BCUT2D eigenvalue weighted by atomic mass is 10.0. The van der Waals surface area contributed by atoms with E-state index in [9.17, 15) is 16.8 Å². The van der Waals surface area contributed by atoms with Crippen molar-refractivity contribution in [1.29, 1.82) is 0 Å². The van der Waals surface area contributed by atoms with Crippen LogP contribution in [0.25, 0.3) is 0 Å². The Morgan fingerprint density at radius 1 is 1.25 bits per heavy atom. The Labute approximate surface area is 121 Å². The van der Waals surface area contributed by atoms with Crippen LogP contribution in [-0.2, 0) is 19.9 Å². The first-order chi connectivity index (χ1) is 9.37. The predicted octanol–water partition coefficient (Wildman–Crippen LogP) is -0.0327. The van der Waals surface area contributed by atoms with Gasteiger partial charge in [-0.05, 0) is 39.3 Å². The Hall–Kier alpha value is -0.180. The summed E-state index contributed by atoms with van der Waals surface area (Å²) >= 11 is 0. The molecule has 2 unspecified atom stereocenters. The molecule has 2 atom stereocenters. The maximum Gasteiger partial charge on any atom is 0.218 e. The van der Waals surface area contributed by atoms with E-state index in [4.69, 9.17) is 0 Å². The third kappa shape index (κ3) is 3.52. The van der Waals surface area contributed by atoms with Crippen LogP contribution in [0.5, 0.6) is 0 Å². The Bertz CT molecular complexity index is 530. The van der Waals surface area contributed by atoms with Crippen molar-refractivity contribution in [2.45, 2.75) is 43.4 Å². The summed E-state index contributed by atoms with van der Waals surface area (Å²) in [5.74, 6) is -0.198. The monoisotopic (exact) mass is 324 g/mol. The summed E-state index contributed by atoms with van der Waals surface area (Å²) in [6, 6.07) is 0.0181. The first kappa shape index (κ1) is 16.2. The number of nitrogens with one attached hydrogen (secondary N) is 1. The van der Waals surface area contributed by atoms with Crippen LogP contribution >= 0.6 is 0 Å². The Balaban J connectivity index is 2.14. The van der Waals surface area contributed by atoms with Gasteiger partial charge in [-0.25, -0.2) is 16.8 Å². The molecule has 0 spiro atoms. The molecule has 0 aromatic carbocycles. The van der Waals surface area contributed by atoms with E-state index in [1.165, 1.54) is 0 Å². The van der Waals surface area contributed by atoms with Crippen LogP contribution < -0.4 is 5.32 Å². The second-order valence-electron chi connectivity index (χ2n) is 5.72. The average Bonchev–Trinajstić information content (AvgIpc) is 2.78. The summed E-state index contributed by atoms with van der Waals surface area (Å²) in [6.45, 7) is 1.31. The highest BCUT2D eigenvalue weighted by Gasteiger charge is 2.43. The fourth-order valence-electron chi connectivity index (χ4n) is 3.10. The number of hydrogen-bond acceptors (Lipinski definition) is 5. The Morgan fingerprint density at radius 2 is 2.00 bits per heavy atom. The van der Waals surface area contributed by atoms with Crippen molar-refractivity contribution in [3.63, 3.8) is 0 Å². The van der Waals surface area contributed by atoms with Crippen LogP contribution in [0, 0.1) is 0 Å². The molecule has 6 nitrogen and oxygen atoms in total. The SMILES string of the molecule is CNCCC1CCCCN1S(=O)(=O)C1CCS(=O)(=O)C1. The zero-order chi connectivity index (χ0) is 14.8. The summed E-state index contributed by atoms with van der Waals surface area (Å²) in [6.07, 6.45) is 3.83. The Morgan fingerprint density at radius 3 is 2.60 bits per heavy atom. The van der Waals surface area contributed by atoms with Crippen molar-refractivity contribution < 1.29 is 16.8 Å². The van der Waals surface area contributed by atoms with E-state index in [1.807, 2.05) is 7.05 Å². The van der Waals surface area contributed by atoms with Gasteiger partial charge in [0.1, 0.15) is 0 Å². The summed E-state index contributed by atoms with van der Waals surface area (Å²) < 4.78 is 50.0. The first-order valence-electron chi connectivity index (χ1n) is 7.22. The van der Waals surface area contributed by atoms with Crippen molar-refractivity contribution in [3.8, 4) is 0 Å². The third-order valence-electron chi connectivity index (χ3n) is 4.24. The first-order valence-corrected chi connectivity index (χ1v) is 10.5. The molecule has 0 aromatic heterocycles. The molecule has 118 valence electrons. The van der Waals surface area contributed by atoms with Gasteiger partial charge in [0.15, 0.2) is 9.84 Å². The largest absolute Gasteiger partial charge is 0.320 e. The van der Waals surface area contributed by atoms with Crippen LogP contribution in [0.4, 0.5) is 0 Å². The molecular formula is C12H24N2O4S2. The van der Waals surface area contributed by atoms with E-state index in [-0.39, 0.29) is 24.0 Å². The van der Waals surface area contributed by atoms with Gasteiger partial charge < -0.3 is 5.32 Å². The van der Waals surface area contributed by atoms with Gasteiger partial charge in [0, 0.05) is 12.6 Å². The molecule has 2 rings (SSSR count). The molecule has 0 bridgehead atoms. The van der Waals surface area contributed by atoms with Crippen molar-refractivity contribution >= 4 is 19.9 Å². The minimum absolute atomic E-state index is 0.00587. The van der Waals surface area contributed by atoms with E-state index in [1.54, 1.807) is 4.31 Å². The third-order valence-corrected chi connectivity index (χ3v) is 8.60. The molecule has 0 saturated carbocycles. The normalized spacial score (nSPS) is 31.4. The van der Waals surface area contributed by atoms with E-state index < -0.39 is 25.1 Å². The van der Waals surface area contributed by atoms with Crippen molar-refractivity contribution in [2.75, 3.05) is 31.6 Å². The van der Waals surface area contributed by atoms with Gasteiger partial charge in [-0.15, -0.1) is 0 Å². The molecule has 2 heterocycles. The van der Waals surface area contributed by atoms with Crippen LogP contribution in [-0.4, -0.2) is 64.1 Å². The summed E-state index contributed by atoms with van der Waals surface area (Å²) in [5, 5.41) is 2.32. The smallest absolute Gasteiger partial charge is 0.218 e. The van der Waals surface area contributed by atoms with Gasteiger partial charge in [-0.1, -0.05) is 6.42 Å². The van der Waals surface area contributed by atoms with Crippen molar-refractivity contribution in [2.24, 2.45) is 0 Å². The van der Waals surface area contributed by atoms with Crippen molar-refractivity contribution in [1.82, 2.24) is 9.62 Å². The highest BCUT2D eigenvalue weighted by atomic mass is 32.2.